The number of aryl methyl sites for hydroxylation is 2. The topological polar surface area (TPSA) is 32.5 Å². The molecule has 0 bridgehead atoms. The van der Waals surface area contributed by atoms with Gasteiger partial charge in [-0.1, -0.05) is 6.92 Å². The van der Waals surface area contributed by atoms with Crippen LogP contribution in [0.2, 0.25) is 0 Å². The van der Waals surface area contributed by atoms with Crippen LogP contribution in [0.4, 0.5) is 0 Å². The highest BCUT2D eigenvalue weighted by molar-refractivity contribution is 7.12. The van der Waals surface area contributed by atoms with Gasteiger partial charge in [-0.2, -0.15) is 0 Å². The summed E-state index contributed by atoms with van der Waals surface area (Å²) < 4.78 is 0. The van der Waals surface area contributed by atoms with E-state index in [0.717, 1.165) is 32.7 Å². The standard InChI is InChI=1S/C15H27N3S/c1-5-17-6-7-18(10-11(17)2)15(9-16)14-8-12(3)19-13(14)4/h8,11,15H,5-7,9-10,16H2,1-4H3. The van der Waals surface area contributed by atoms with Gasteiger partial charge in [0.25, 0.3) is 0 Å². The minimum Gasteiger partial charge on any atom is -0.329 e. The highest BCUT2D eigenvalue weighted by atomic mass is 32.1. The van der Waals surface area contributed by atoms with Gasteiger partial charge in [0.15, 0.2) is 0 Å². The summed E-state index contributed by atoms with van der Waals surface area (Å²) in [4.78, 5) is 7.95. The molecule has 1 aliphatic heterocycles. The lowest BCUT2D eigenvalue weighted by Gasteiger charge is -2.42. The van der Waals surface area contributed by atoms with Crippen molar-refractivity contribution in [3.8, 4) is 0 Å². The van der Waals surface area contributed by atoms with Crippen LogP contribution < -0.4 is 5.73 Å². The zero-order valence-electron chi connectivity index (χ0n) is 12.6. The fourth-order valence-electron chi connectivity index (χ4n) is 3.23. The number of nitrogens with two attached hydrogens (primary N) is 1. The van der Waals surface area contributed by atoms with Crippen molar-refractivity contribution in [2.24, 2.45) is 5.73 Å². The molecule has 2 N–H and O–H groups in total. The van der Waals surface area contributed by atoms with Crippen molar-refractivity contribution in [3.63, 3.8) is 0 Å². The SMILES string of the molecule is CCN1CCN(C(CN)c2cc(C)sc2C)CC1C. The number of hydrogen-bond acceptors (Lipinski definition) is 4. The van der Waals surface area contributed by atoms with E-state index >= 15 is 0 Å². The Kier molecular flexibility index (Phi) is 5.01. The van der Waals surface area contributed by atoms with E-state index in [9.17, 15) is 0 Å². The molecule has 2 rings (SSSR count). The molecule has 2 unspecified atom stereocenters. The van der Waals surface area contributed by atoms with Crippen LogP contribution in [0.3, 0.4) is 0 Å². The van der Waals surface area contributed by atoms with Crippen LogP contribution in [0.15, 0.2) is 6.07 Å². The molecule has 0 aliphatic carbocycles. The average molecular weight is 281 g/mol. The Morgan fingerprint density at radius 1 is 1.42 bits per heavy atom. The molecular formula is C15H27N3S. The van der Waals surface area contributed by atoms with Gasteiger partial charge in [-0.25, -0.2) is 0 Å². The molecule has 2 heterocycles. The Bertz CT molecular complexity index is 416. The maximum Gasteiger partial charge on any atom is 0.0482 e. The summed E-state index contributed by atoms with van der Waals surface area (Å²) in [6, 6.07) is 3.35. The van der Waals surface area contributed by atoms with Gasteiger partial charge in [0.05, 0.1) is 0 Å². The first-order chi connectivity index (χ1) is 9.06. The molecule has 4 heteroatoms. The molecule has 1 saturated heterocycles. The van der Waals surface area contributed by atoms with Crippen LogP contribution in [0.1, 0.15) is 35.2 Å². The van der Waals surface area contributed by atoms with Crippen molar-refractivity contribution in [2.45, 2.75) is 39.8 Å². The predicted molar refractivity (Wildman–Crippen MR) is 83.9 cm³/mol. The van der Waals surface area contributed by atoms with Gasteiger partial charge < -0.3 is 5.73 Å². The van der Waals surface area contributed by atoms with E-state index in [-0.39, 0.29) is 0 Å². The monoisotopic (exact) mass is 281 g/mol. The van der Waals surface area contributed by atoms with Crippen LogP contribution in [-0.2, 0) is 0 Å². The van der Waals surface area contributed by atoms with Crippen LogP contribution in [-0.4, -0.2) is 48.6 Å². The Balaban J connectivity index is 2.13. The maximum atomic E-state index is 6.08. The third kappa shape index (κ3) is 3.19. The second-order valence-electron chi connectivity index (χ2n) is 5.59. The molecule has 2 atom stereocenters. The Morgan fingerprint density at radius 2 is 2.16 bits per heavy atom. The zero-order valence-corrected chi connectivity index (χ0v) is 13.5. The lowest BCUT2D eigenvalue weighted by Crippen LogP contribution is -2.53. The van der Waals surface area contributed by atoms with E-state index in [1.54, 1.807) is 0 Å². The number of nitrogens with zero attached hydrogens (tertiary/aromatic N) is 2. The first-order valence-corrected chi connectivity index (χ1v) is 8.13. The van der Waals surface area contributed by atoms with Crippen LogP contribution in [0, 0.1) is 13.8 Å². The van der Waals surface area contributed by atoms with Gasteiger partial charge in [0.1, 0.15) is 0 Å². The van der Waals surface area contributed by atoms with Crippen molar-refractivity contribution < 1.29 is 0 Å². The van der Waals surface area contributed by atoms with Crippen LogP contribution in [0.5, 0.6) is 0 Å². The number of likely N-dealkylation sites (N-methyl/N-ethyl adjacent to an activating group) is 1. The highest BCUT2D eigenvalue weighted by Crippen LogP contribution is 2.30. The second-order valence-corrected chi connectivity index (χ2v) is 7.05. The molecule has 0 spiro atoms. The Morgan fingerprint density at radius 3 is 2.63 bits per heavy atom. The molecule has 108 valence electrons. The molecule has 0 saturated carbocycles. The van der Waals surface area contributed by atoms with Gasteiger partial charge in [-0.05, 0) is 38.9 Å². The molecule has 1 fully saturated rings. The number of piperazine rings is 1. The van der Waals surface area contributed by atoms with Gasteiger partial charge in [-0.15, -0.1) is 11.3 Å². The van der Waals surface area contributed by atoms with Crippen LogP contribution in [0.25, 0.3) is 0 Å². The van der Waals surface area contributed by atoms with E-state index in [2.05, 4.69) is 43.6 Å². The van der Waals surface area contributed by atoms with Gasteiger partial charge >= 0.3 is 0 Å². The molecular weight excluding hydrogens is 254 g/mol. The number of hydrogen-bond donors (Lipinski definition) is 1. The Labute approximate surface area is 121 Å². The number of rotatable bonds is 4. The zero-order chi connectivity index (χ0) is 14.0. The molecule has 0 amide bonds. The van der Waals surface area contributed by atoms with Crippen molar-refractivity contribution in [1.29, 1.82) is 0 Å². The second kappa shape index (κ2) is 6.35. The van der Waals surface area contributed by atoms with Crippen molar-refractivity contribution in [3.05, 3.63) is 21.4 Å². The van der Waals surface area contributed by atoms with E-state index in [1.807, 2.05) is 11.3 Å². The molecule has 1 aromatic rings. The fourth-order valence-corrected chi connectivity index (χ4v) is 4.21. The summed E-state index contributed by atoms with van der Waals surface area (Å²) in [5.74, 6) is 0. The normalized spacial score (nSPS) is 23.7. The quantitative estimate of drug-likeness (QED) is 0.920. The van der Waals surface area contributed by atoms with Crippen LogP contribution >= 0.6 is 11.3 Å². The lowest BCUT2D eigenvalue weighted by molar-refractivity contribution is 0.0606. The van der Waals surface area contributed by atoms with E-state index in [1.165, 1.54) is 15.3 Å². The molecule has 3 nitrogen and oxygen atoms in total. The van der Waals surface area contributed by atoms with E-state index < -0.39 is 0 Å². The predicted octanol–water partition coefficient (Wildman–Crippen LogP) is 2.39. The summed E-state index contributed by atoms with van der Waals surface area (Å²) in [6.07, 6.45) is 0. The molecule has 0 radical (unpaired) electrons. The molecule has 1 aliphatic rings. The molecule has 1 aromatic heterocycles. The first kappa shape index (κ1) is 15.0. The van der Waals surface area contributed by atoms with Gasteiger partial charge in [0.2, 0.25) is 0 Å². The number of thiophene rings is 1. The molecule has 19 heavy (non-hydrogen) atoms. The van der Waals surface area contributed by atoms with E-state index in [0.29, 0.717) is 12.1 Å². The largest absolute Gasteiger partial charge is 0.329 e. The van der Waals surface area contributed by atoms with Crippen molar-refractivity contribution in [1.82, 2.24) is 9.80 Å². The summed E-state index contributed by atoms with van der Waals surface area (Å²) in [7, 11) is 0. The minimum absolute atomic E-state index is 0.395. The highest BCUT2D eigenvalue weighted by Gasteiger charge is 2.28. The third-order valence-corrected chi connectivity index (χ3v) is 5.29. The van der Waals surface area contributed by atoms with Crippen molar-refractivity contribution >= 4 is 11.3 Å². The van der Waals surface area contributed by atoms with Gasteiger partial charge in [-0.3, -0.25) is 9.80 Å². The van der Waals surface area contributed by atoms with Gasteiger partial charge in [0, 0.05) is 48.0 Å². The van der Waals surface area contributed by atoms with Crippen molar-refractivity contribution in [2.75, 3.05) is 32.7 Å². The summed E-state index contributed by atoms with van der Waals surface area (Å²) >= 11 is 1.89. The smallest absolute Gasteiger partial charge is 0.0482 e. The summed E-state index contributed by atoms with van der Waals surface area (Å²) in [5, 5.41) is 0. The van der Waals surface area contributed by atoms with E-state index in [4.69, 9.17) is 5.73 Å². The lowest BCUT2D eigenvalue weighted by atomic mass is 10.0. The summed E-state index contributed by atoms with van der Waals surface area (Å²) in [5.41, 5.74) is 7.52. The summed E-state index contributed by atoms with van der Waals surface area (Å²) in [6.45, 7) is 14.3. The minimum atomic E-state index is 0.395. The molecule has 0 aromatic carbocycles. The Hall–Kier alpha value is -0.420. The average Bonchev–Trinajstić information content (AvgIpc) is 2.70. The third-order valence-electron chi connectivity index (χ3n) is 4.31. The first-order valence-electron chi connectivity index (χ1n) is 7.31. The maximum absolute atomic E-state index is 6.08. The fraction of sp³-hybridized carbons (Fsp3) is 0.733.